The van der Waals surface area contributed by atoms with Crippen LogP contribution in [0.2, 0.25) is 0 Å². The maximum absolute atomic E-state index is 12.8. The van der Waals surface area contributed by atoms with Gasteiger partial charge in [-0.15, -0.1) is 0 Å². The third-order valence-corrected chi connectivity index (χ3v) is 2.24. The van der Waals surface area contributed by atoms with E-state index in [2.05, 4.69) is 5.32 Å². The Morgan fingerprint density at radius 3 is 2.72 bits per heavy atom. The molecule has 0 aliphatic carbocycles. The fraction of sp³-hybridized carbons (Fsp3) is 0.333. The van der Waals surface area contributed by atoms with Gasteiger partial charge < -0.3 is 15.8 Å². The summed E-state index contributed by atoms with van der Waals surface area (Å²) in [7, 11) is 0. The number of nitrogens with one attached hydrogen (secondary N) is 1. The van der Waals surface area contributed by atoms with E-state index in [-0.39, 0.29) is 11.3 Å². The maximum Gasteiger partial charge on any atom is 0.341 e. The first kappa shape index (κ1) is 14.0. The number of esters is 1. The fourth-order valence-electron chi connectivity index (χ4n) is 1.31. The second-order valence-electron chi connectivity index (χ2n) is 3.67. The molecule has 3 N–H and O–H groups in total. The van der Waals surface area contributed by atoms with Crippen molar-refractivity contribution in [2.75, 3.05) is 12.3 Å². The molecule has 0 aliphatic heterocycles. The van der Waals surface area contributed by atoms with Crippen LogP contribution in [0.25, 0.3) is 0 Å². The van der Waals surface area contributed by atoms with Crippen molar-refractivity contribution in [3.8, 4) is 0 Å². The lowest BCUT2D eigenvalue weighted by Gasteiger charge is -2.13. The summed E-state index contributed by atoms with van der Waals surface area (Å²) in [4.78, 5) is 23.1. The fourth-order valence-corrected chi connectivity index (χ4v) is 1.31. The highest BCUT2D eigenvalue weighted by atomic mass is 19.1. The van der Waals surface area contributed by atoms with Crippen LogP contribution >= 0.6 is 0 Å². The lowest BCUT2D eigenvalue weighted by atomic mass is 10.2. The summed E-state index contributed by atoms with van der Waals surface area (Å²) in [6.07, 6.45) is -0.929. The minimum Gasteiger partial charge on any atom is -0.449 e. The summed E-state index contributed by atoms with van der Waals surface area (Å²) in [5.74, 6) is -1.70. The van der Waals surface area contributed by atoms with Crippen LogP contribution in [0.1, 0.15) is 24.2 Å². The molecule has 0 bridgehead atoms. The van der Waals surface area contributed by atoms with Crippen LogP contribution in [0, 0.1) is 5.82 Å². The van der Waals surface area contributed by atoms with Crippen LogP contribution in [0.4, 0.5) is 10.1 Å². The molecule has 0 fully saturated rings. The maximum atomic E-state index is 12.8. The highest BCUT2D eigenvalue weighted by Gasteiger charge is 2.19. The summed E-state index contributed by atoms with van der Waals surface area (Å²) >= 11 is 0. The van der Waals surface area contributed by atoms with E-state index in [1.807, 2.05) is 0 Å². The van der Waals surface area contributed by atoms with E-state index in [1.165, 1.54) is 13.0 Å². The van der Waals surface area contributed by atoms with Gasteiger partial charge in [-0.2, -0.15) is 0 Å². The normalized spacial score (nSPS) is 11.7. The third kappa shape index (κ3) is 3.44. The average molecular weight is 254 g/mol. The molecule has 6 heteroatoms. The molecule has 1 atom stereocenters. The molecule has 0 aromatic heterocycles. The standard InChI is InChI=1S/C12H15FN2O3/c1-3-15-11(16)7(2)18-12(17)9-5-4-8(13)6-10(9)14/h4-7H,3,14H2,1-2H3,(H,15,16). The number of rotatable bonds is 4. The molecule has 0 radical (unpaired) electrons. The molecule has 0 spiro atoms. The number of nitrogen functional groups attached to an aromatic ring is 1. The number of benzene rings is 1. The van der Waals surface area contributed by atoms with Gasteiger partial charge in [-0.25, -0.2) is 9.18 Å². The van der Waals surface area contributed by atoms with Crippen LogP contribution in [0.15, 0.2) is 18.2 Å². The Balaban J connectivity index is 2.73. The van der Waals surface area contributed by atoms with Gasteiger partial charge in [0.1, 0.15) is 5.82 Å². The summed E-state index contributed by atoms with van der Waals surface area (Å²) in [5.41, 5.74) is 5.50. The first-order chi connectivity index (χ1) is 8.45. The number of halogens is 1. The Morgan fingerprint density at radius 2 is 2.17 bits per heavy atom. The van der Waals surface area contributed by atoms with Crippen LogP contribution in [0.5, 0.6) is 0 Å². The van der Waals surface area contributed by atoms with Crippen LogP contribution in [-0.2, 0) is 9.53 Å². The number of carbonyl (C=O) groups excluding carboxylic acids is 2. The molecule has 0 saturated heterocycles. The van der Waals surface area contributed by atoms with Gasteiger partial charge in [0, 0.05) is 12.2 Å². The predicted molar refractivity (Wildman–Crippen MR) is 64.4 cm³/mol. The molecule has 1 aromatic carbocycles. The summed E-state index contributed by atoms with van der Waals surface area (Å²) < 4.78 is 17.7. The largest absolute Gasteiger partial charge is 0.449 e. The highest BCUT2D eigenvalue weighted by Crippen LogP contribution is 2.15. The van der Waals surface area contributed by atoms with Gasteiger partial charge in [0.05, 0.1) is 5.56 Å². The molecule has 18 heavy (non-hydrogen) atoms. The minimum atomic E-state index is -0.929. The lowest BCUT2D eigenvalue weighted by molar-refractivity contribution is -0.128. The first-order valence-electron chi connectivity index (χ1n) is 5.49. The zero-order chi connectivity index (χ0) is 13.7. The van der Waals surface area contributed by atoms with Crippen molar-refractivity contribution in [2.24, 2.45) is 0 Å². The van der Waals surface area contributed by atoms with Crippen LogP contribution in [0.3, 0.4) is 0 Å². The Labute approximate surface area is 104 Å². The molecular weight excluding hydrogens is 239 g/mol. The van der Waals surface area contributed by atoms with Gasteiger partial charge >= 0.3 is 5.97 Å². The Kier molecular flexibility index (Phi) is 4.65. The van der Waals surface area contributed by atoms with Gasteiger partial charge in [0.2, 0.25) is 0 Å². The molecule has 0 saturated carbocycles. The zero-order valence-corrected chi connectivity index (χ0v) is 10.2. The smallest absolute Gasteiger partial charge is 0.341 e. The number of likely N-dealkylation sites (N-methyl/N-ethyl adjacent to an activating group) is 1. The average Bonchev–Trinajstić information content (AvgIpc) is 2.28. The van der Waals surface area contributed by atoms with E-state index in [9.17, 15) is 14.0 Å². The number of nitrogens with two attached hydrogens (primary N) is 1. The van der Waals surface area contributed by atoms with Gasteiger partial charge in [-0.1, -0.05) is 0 Å². The molecule has 98 valence electrons. The minimum absolute atomic E-state index is 0.0249. The third-order valence-electron chi connectivity index (χ3n) is 2.24. The number of hydrogen-bond donors (Lipinski definition) is 2. The van der Waals surface area contributed by atoms with Crippen LogP contribution in [-0.4, -0.2) is 24.5 Å². The van der Waals surface area contributed by atoms with Crippen molar-refractivity contribution < 1.29 is 18.7 Å². The van der Waals surface area contributed by atoms with Crippen molar-refractivity contribution in [2.45, 2.75) is 20.0 Å². The van der Waals surface area contributed by atoms with Gasteiger partial charge in [0.15, 0.2) is 6.10 Å². The van der Waals surface area contributed by atoms with E-state index < -0.39 is 23.8 Å². The molecule has 1 aromatic rings. The lowest BCUT2D eigenvalue weighted by Crippen LogP contribution is -2.35. The van der Waals surface area contributed by atoms with Crippen LogP contribution < -0.4 is 11.1 Å². The number of hydrogen-bond acceptors (Lipinski definition) is 4. The molecule has 0 heterocycles. The number of anilines is 1. The van der Waals surface area contributed by atoms with E-state index in [0.29, 0.717) is 6.54 Å². The van der Waals surface area contributed by atoms with E-state index in [4.69, 9.17) is 10.5 Å². The van der Waals surface area contributed by atoms with Gasteiger partial charge in [-0.3, -0.25) is 4.79 Å². The van der Waals surface area contributed by atoms with Crippen molar-refractivity contribution in [3.05, 3.63) is 29.6 Å². The SMILES string of the molecule is CCNC(=O)C(C)OC(=O)c1ccc(F)cc1N. The number of ether oxygens (including phenoxy) is 1. The molecule has 1 rings (SSSR count). The quantitative estimate of drug-likeness (QED) is 0.622. The van der Waals surface area contributed by atoms with Gasteiger partial charge in [-0.05, 0) is 32.0 Å². The van der Waals surface area contributed by atoms with Crippen molar-refractivity contribution in [1.29, 1.82) is 0 Å². The summed E-state index contributed by atoms with van der Waals surface area (Å²) in [5, 5.41) is 2.52. The van der Waals surface area contributed by atoms with E-state index >= 15 is 0 Å². The van der Waals surface area contributed by atoms with Gasteiger partial charge in [0.25, 0.3) is 5.91 Å². The Bertz CT molecular complexity index is 463. The second-order valence-corrected chi connectivity index (χ2v) is 3.67. The van der Waals surface area contributed by atoms with E-state index in [0.717, 1.165) is 12.1 Å². The molecule has 5 nitrogen and oxygen atoms in total. The van der Waals surface area contributed by atoms with Crippen molar-refractivity contribution in [3.63, 3.8) is 0 Å². The number of amides is 1. The topological polar surface area (TPSA) is 81.4 Å². The predicted octanol–water partition coefficient (Wildman–Crippen LogP) is 1.09. The monoisotopic (exact) mass is 254 g/mol. The first-order valence-corrected chi connectivity index (χ1v) is 5.49. The number of carbonyl (C=O) groups is 2. The van der Waals surface area contributed by atoms with Crippen molar-refractivity contribution >= 4 is 17.6 Å². The van der Waals surface area contributed by atoms with E-state index in [1.54, 1.807) is 6.92 Å². The second kappa shape index (κ2) is 6.00. The summed E-state index contributed by atoms with van der Waals surface area (Å²) in [6, 6.07) is 3.34. The van der Waals surface area contributed by atoms with Crippen molar-refractivity contribution in [1.82, 2.24) is 5.32 Å². The summed E-state index contributed by atoms with van der Waals surface area (Å²) in [6.45, 7) is 3.65. The molecule has 1 unspecified atom stereocenters. The Morgan fingerprint density at radius 1 is 1.50 bits per heavy atom. The zero-order valence-electron chi connectivity index (χ0n) is 10.2. The highest BCUT2D eigenvalue weighted by molar-refractivity contribution is 5.96. The molecule has 0 aliphatic rings. The molecule has 1 amide bonds. The Hall–Kier alpha value is -2.11. The molecular formula is C12H15FN2O3.